The molecule has 0 heterocycles. The fourth-order valence-electron chi connectivity index (χ4n) is 1.42. The average molecular weight is 250 g/mol. The second-order valence-corrected chi connectivity index (χ2v) is 9.80. The summed E-state index contributed by atoms with van der Waals surface area (Å²) in [5, 5.41) is 8.76. The van der Waals surface area contributed by atoms with Crippen LogP contribution in [0.5, 0.6) is 5.75 Å². The van der Waals surface area contributed by atoms with Crippen LogP contribution in [0.2, 0.25) is 19.1 Å². The second kappa shape index (κ2) is 5.68. The van der Waals surface area contributed by atoms with Gasteiger partial charge in [0.05, 0.1) is 19.9 Å². The molecule has 1 N–H and O–H groups in total. The molecule has 0 bridgehead atoms. The van der Waals surface area contributed by atoms with E-state index >= 15 is 0 Å². The van der Waals surface area contributed by atoms with Gasteiger partial charge in [0, 0.05) is 0 Å². The van der Waals surface area contributed by atoms with Gasteiger partial charge in [-0.1, -0.05) is 19.2 Å². The predicted octanol–water partition coefficient (Wildman–Crippen LogP) is 3.20. The summed E-state index contributed by atoms with van der Waals surface area (Å²) in [4.78, 5) is 10.7. The normalized spacial score (nSPS) is 10.9. The highest BCUT2D eigenvalue weighted by molar-refractivity contribution is 6.77. The molecule has 0 fully saturated rings. The van der Waals surface area contributed by atoms with Gasteiger partial charge in [0.15, 0.2) is 0 Å². The zero-order valence-corrected chi connectivity index (χ0v) is 11.3. The topological polar surface area (TPSA) is 46.5 Å². The van der Waals surface area contributed by atoms with Crippen LogP contribution >= 0.6 is 0 Å². The lowest BCUT2D eigenvalue weighted by atomic mass is 10.2. The van der Waals surface area contributed by atoms with Crippen molar-refractivity contribution in [2.75, 3.05) is 6.23 Å². The van der Waals surface area contributed by atoms with Crippen molar-refractivity contribution in [2.45, 2.75) is 19.1 Å². The molecule has 0 aliphatic heterocycles. The summed E-state index contributed by atoms with van der Waals surface area (Å²) in [6.07, 6.45) is 2.65. The van der Waals surface area contributed by atoms with E-state index in [0.29, 0.717) is 6.23 Å². The van der Waals surface area contributed by atoms with Crippen molar-refractivity contribution in [1.29, 1.82) is 0 Å². The van der Waals surface area contributed by atoms with Gasteiger partial charge in [-0.15, -0.1) is 6.58 Å². The standard InChI is InChI=1S/C13H18O3Si/c1-4-9-17(2,3)10-16-12-7-5-11(6-8-12)13(14)15/h4-8H,1,9-10H2,2-3H3,(H,14,15). The highest BCUT2D eigenvalue weighted by Gasteiger charge is 2.19. The van der Waals surface area contributed by atoms with E-state index in [2.05, 4.69) is 19.7 Å². The molecular weight excluding hydrogens is 232 g/mol. The van der Waals surface area contributed by atoms with Crippen molar-refractivity contribution in [3.05, 3.63) is 42.5 Å². The molecule has 0 saturated carbocycles. The first kappa shape index (κ1) is 13.5. The van der Waals surface area contributed by atoms with Gasteiger partial charge in [-0.2, -0.15) is 0 Å². The maximum Gasteiger partial charge on any atom is 0.335 e. The zero-order valence-electron chi connectivity index (χ0n) is 10.3. The number of aromatic carboxylic acids is 1. The summed E-state index contributed by atoms with van der Waals surface area (Å²) in [5.74, 6) is -0.197. The van der Waals surface area contributed by atoms with Crippen LogP contribution in [0.15, 0.2) is 36.9 Å². The van der Waals surface area contributed by atoms with E-state index in [1.807, 2.05) is 6.08 Å². The van der Waals surface area contributed by atoms with E-state index < -0.39 is 14.0 Å². The Balaban J connectivity index is 2.58. The van der Waals surface area contributed by atoms with Gasteiger partial charge in [-0.3, -0.25) is 0 Å². The molecule has 0 amide bonds. The highest BCUT2D eigenvalue weighted by Crippen LogP contribution is 2.16. The molecule has 0 aromatic heterocycles. The van der Waals surface area contributed by atoms with Crippen LogP contribution in [-0.4, -0.2) is 25.4 Å². The molecule has 0 radical (unpaired) electrons. The maximum absolute atomic E-state index is 10.7. The molecule has 0 aliphatic carbocycles. The van der Waals surface area contributed by atoms with E-state index in [1.165, 1.54) is 0 Å². The van der Waals surface area contributed by atoms with Crippen LogP contribution in [0, 0.1) is 0 Å². The first-order valence-electron chi connectivity index (χ1n) is 5.52. The lowest BCUT2D eigenvalue weighted by molar-refractivity contribution is 0.0697. The number of carboxylic acids is 1. The molecule has 17 heavy (non-hydrogen) atoms. The number of ether oxygens (including phenoxy) is 1. The summed E-state index contributed by atoms with van der Waals surface area (Å²) >= 11 is 0. The highest BCUT2D eigenvalue weighted by atomic mass is 28.3. The Morgan fingerprint density at radius 3 is 2.47 bits per heavy atom. The summed E-state index contributed by atoms with van der Waals surface area (Å²) in [6.45, 7) is 8.22. The molecule has 0 saturated heterocycles. The van der Waals surface area contributed by atoms with Gasteiger partial charge in [0.2, 0.25) is 0 Å². The number of allylic oxidation sites excluding steroid dienone is 1. The molecule has 0 unspecified atom stereocenters. The smallest absolute Gasteiger partial charge is 0.335 e. The zero-order chi connectivity index (χ0) is 12.9. The number of benzene rings is 1. The first-order valence-corrected chi connectivity index (χ1v) is 8.93. The molecule has 0 aliphatic rings. The Kier molecular flexibility index (Phi) is 4.51. The number of rotatable bonds is 6. The maximum atomic E-state index is 10.7. The number of carboxylic acid groups (broad SMARTS) is 1. The molecule has 0 atom stereocenters. The number of hydrogen-bond donors (Lipinski definition) is 1. The number of hydrogen-bond acceptors (Lipinski definition) is 2. The van der Waals surface area contributed by atoms with Gasteiger partial charge < -0.3 is 9.84 Å². The van der Waals surface area contributed by atoms with Gasteiger partial charge in [-0.05, 0) is 30.3 Å². The summed E-state index contributed by atoms with van der Waals surface area (Å²) in [5.41, 5.74) is 0.278. The van der Waals surface area contributed by atoms with Crippen molar-refractivity contribution in [2.24, 2.45) is 0 Å². The summed E-state index contributed by atoms with van der Waals surface area (Å²) in [7, 11) is -1.38. The van der Waals surface area contributed by atoms with Crippen LogP contribution < -0.4 is 4.74 Å². The van der Waals surface area contributed by atoms with E-state index in [-0.39, 0.29) is 5.56 Å². The quantitative estimate of drug-likeness (QED) is 0.623. The molecule has 1 aromatic rings. The van der Waals surface area contributed by atoms with E-state index in [4.69, 9.17) is 9.84 Å². The van der Waals surface area contributed by atoms with E-state index in [1.54, 1.807) is 24.3 Å². The van der Waals surface area contributed by atoms with Gasteiger partial charge in [0.25, 0.3) is 0 Å². The van der Waals surface area contributed by atoms with Crippen LogP contribution in [0.1, 0.15) is 10.4 Å². The Labute approximate surface area is 103 Å². The van der Waals surface area contributed by atoms with Gasteiger partial charge in [-0.25, -0.2) is 4.79 Å². The third-order valence-electron chi connectivity index (χ3n) is 2.43. The van der Waals surface area contributed by atoms with Crippen molar-refractivity contribution >= 4 is 14.0 Å². The Morgan fingerprint density at radius 2 is 2.00 bits per heavy atom. The van der Waals surface area contributed by atoms with Crippen molar-refractivity contribution in [3.8, 4) is 5.75 Å². The van der Waals surface area contributed by atoms with Crippen molar-refractivity contribution in [3.63, 3.8) is 0 Å². The lowest BCUT2D eigenvalue weighted by Crippen LogP contribution is -2.33. The average Bonchev–Trinajstić information content (AvgIpc) is 2.27. The molecule has 3 nitrogen and oxygen atoms in total. The minimum Gasteiger partial charge on any atom is -0.497 e. The Morgan fingerprint density at radius 1 is 1.41 bits per heavy atom. The number of carbonyl (C=O) groups is 1. The molecular formula is C13H18O3Si. The van der Waals surface area contributed by atoms with Crippen molar-refractivity contribution in [1.82, 2.24) is 0 Å². The van der Waals surface area contributed by atoms with E-state index in [0.717, 1.165) is 11.8 Å². The molecule has 1 rings (SSSR count). The van der Waals surface area contributed by atoms with Gasteiger partial charge in [0.1, 0.15) is 5.75 Å². The monoisotopic (exact) mass is 250 g/mol. The predicted molar refractivity (Wildman–Crippen MR) is 71.4 cm³/mol. The molecule has 0 spiro atoms. The molecule has 1 aromatic carbocycles. The summed E-state index contributed by atoms with van der Waals surface area (Å²) < 4.78 is 5.68. The molecule has 4 heteroatoms. The lowest BCUT2D eigenvalue weighted by Gasteiger charge is -2.20. The SMILES string of the molecule is C=CC[Si](C)(C)COc1ccc(C(=O)O)cc1. The third-order valence-corrected chi connectivity index (χ3v) is 4.75. The minimum atomic E-state index is -1.38. The summed E-state index contributed by atoms with van der Waals surface area (Å²) in [6, 6.07) is 7.52. The first-order chi connectivity index (χ1) is 7.94. The molecule has 92 valence electrons. The largest absolute Gasteiger partial charge is 0.497 e. The van der Waals surface area contributed by atoms with Gasteiger partial charge >= 0.3 is 5.97 Å². The van der Waals surface area contributed by atoms with Crippen LogP contribution in [0.25, 0.3) is 0 Å². The minimum absolute atomic E-state index is 0.278. The third kappa shape index (κ3) is 4.44. The second-order valence-electron chi connectivity index (χ2n) is 4.78. The van der Waals surface area contributed by atoms with Crippen molar-refractivity contribution < 1.29 is 14.6 Å². The fraction of sp³-hybridized carbons (Fsp3) is 0.308. The Hall–Kier alpha value is -1.55. The van der Waals surface area contributed by atoms with Crippen LogP contribution in [0.4, 0.5) is 0 Å². The van der Waals surface area contributed by atoms with Crippen LogP contribution in [-0.2, 0) is 0 Å². The fourth-order valence-corrected chi connectivity index (χ4v) is 2.88. The van der Waals surface area contributed by atoms with E-state index in [9.17, 15) is 4.79 Å². The van der Waals surface area contributed by atoms with Crippen LogP contribution in [0.3, 0.4) is 0 Å². The Bertz CT molecular complexity index is 396.